The van der Waals surface area contributed by atoms with Crippen LogP contribution in [0, 0.1) is 0 Å². The van der Waals surface area contributed by atoms with Gasteiger partial charge in [0.15, 0.2) is 5.82 Å². The van der Waals surface area contributed by atoms with Crippen molar-refractivity contribution in [1.82, 2.24) is 14.9 Å². The van der Waals surface area contributed by atoms with E-state index >= 15 is 0 Å². The summed E-state index contributed by atoms with van der Waals surface area (Å²) in [5.74, 6) is 3.15. The summed E-state index contributed by atoms with van der Waals surface area (Å²) >= 11 is 2.00. The number of ether oxygens (including phenoxy) is 1. The Morgan fingerprint density at radius 3 is 3.06 bits per heavy atom. The van der Waals surface area contributed by atoms with Crippen molar-refractivity contribution < 1.29 is 4.74 Å². The van der Waals surface area contributed by atoms with Gasteiger partial charge in [-0.3, -0.25) is 9.69 Å². The zero-order valence-electron chi connectivity index (χ0n) is 10.4. The van der Waals surface area contributed by atoms with Gasteiger partial charge in [0, 0.05) is 37.7 Å². The number of aromatic amines is 1. The van der Waals surface area contributed by atoms with E-state index in [0.29, 0.717) is 5.82 Å². The molecule has 2 heterocycles. The lowest BCUT2D eigenvalue weighted by Crippen LogP contribution is -2.36. The monoisotopic (exact) mass is 270 g/mol. The molecular weight excluding hydrogens is 252 g/mol. The van der Waals surface area contributed by atoms with Gasteiger partial charge in [-0.1, -0.05) is 0 Å². The van der Waals surface area contributed by atoms with Gasteiger partial charge in [0.05, 0.1) is 13.4 Å². The maximum absolute atomic E-state index is 11.5. The quantitative estimate of drug-likeness (QED) is 0.799. The summed E-state index contributed by atoms with van der Waals surface area (Å²) in [6.07, 6.45) is 1.38. The molecule has 0 amide bonds. The van der Waals surface area contributed by atoms with Gasteiger partial charge in [-0.2, -0.15) is 11.8 Å². The highest BCUT2D eigenvalue weighted by atomic mass is 32.2. The van der Waals surface area contributed by atoms with Crippen LogP contribution in [0.5, 0.6) is 5.75 Å². The number of rotatable bonds is 5. The molecule has 100 valence electrons. The molecule has 7 heteroatoms. The third-order valence-corrected chi connectivity index (χ3v) is 3.78. The summed E-state index contributed by atoms with van der Waals surface area (Å²) < 4.78 is 5.03. The van der Waals surface area contributed by atoms with Crippen LogP contribution in [0.1, 0.15) is 0 Å². The van der Waals surface area contributed by atoms with Crippen molar-refractivity contribution in [2.45, 2.75) is 0 Å². The molecule has 1 saturated heterocycles. The molecule has 1 aromatic rings. The van der Waals surface area contributed by atoms with E-state index in [1.165, 1.54) is 24.9 Å². The molecule has 0 spiro atoms. The summed E-state index contributed by atoms with van der Waals surface area (Å²) in [5.41, 5.74) is -0.260. The Bertz CT molecular complexity index is 431. The van der Waals surface area contributed by atoms with Gasteiger partial charge in [0.1, 0.15) is 0 Å². The van der Waals surface area contributed by atoms with Crippen molar-refractivity contribution in [3.8, 4) is 5.75 Å². The second-order valence-corrected chi connectivity index (χ2v) is 5.22. The van der Waals surface area contributed by atoms with E-state index in [4.69, 9.17) is 4.74 Å². The maximum Gasteiger partial charge on any atom is 0.295 e. The molecular formula is C11H18N4O2S. The largest absolute Gasteiger partial charge is 0.489 e. The normalized spacial score (nSPS) is 16.5. The van der Waals surface area contributed by atoms with Crippen molar-refractivity contribution >= 4 is 17.6 Å². The number of anilines is 1. The fourth-order valence-corrected chi connectivity index (χ4v) is 2.84. The Labute approximate surface area is 110 Å². The zero-order valence-corrected chi connectivity index (χ0v) is 11.3. The number of aromatic nitrogens is 2. The number of hydrogen-bond acceptors (Lipinski definition) is 6. The van der Waals surface area contributed by atoms with Gasteiger partial charge >= 0.3 is 0 Å². The molecule has 0 radical (unpaired) electrons. The third-order valence-electron chi connectivity index (χ3n) is 2.84. The predicted octanol–water partition coefficient (Wildman–Crippen LogP) is 0.239. The van der Waals surface area contributed by atoms with Gasteiger partial charge < -0.3 is 15.0 Å². The van der Waals surface area contributed by atoms with Gasteiger partial charge in [0.25, 0.3) is 5.56 Å². The minimum Gasteiger partial charge on any atom is -0.489 e. The lowest BCUT2D eigenvalue weighted by atomic mass is 10.4. The fourth-order valence-electron chi connectivity index (χ4n) is 1.86. The minimum absolute atomic E-state index is 0.242. The molecule has 18 heavy (non-hydrogen) atoms. The van der Waals surface area contributed by atoms with E-state index in [-0.39, 0.29) is 11.3 Å². The van der Waals surface area contributed by atoms with E-state index in [0.717, 1.165) is 26.2 Å². The molecule has 0 unspecified atom stereocenters. The second-order valence-electron chi connectivity index (χ2n) is 3.99. The van der Waals surface area contributed by atoms with Gasteiger partial charge in [0.2, 0.25) is 5.75 Å². The van der Waals surface area contributed by atoms with E-state index in [1.54, 1.807) is 0 Å². The van der Waals surface area contributed by atoms with Crippen LogP contribution < -0.4 is 15.6 Å². The molecule has 6 nitrogen and oxygen atoms in total. The SMILES string of the molecule is COc1c(NCCN2CCSCC2)nc[nH]c1=O. The fraction of sp³-hybridized carbons (Fsp3) is 0.636. The Morgan fingerprint density at radius 2 is 2.33 bits per heavy atom. The molecule has 0 bridgehead atoms. The van der Waals surface area contributed by atoms with Crippen LogP contribution in [0.4, 0.5) is 5.82 Å². The molecule has 1 aromatic heterocycles. The number of hydrogen-bond donors (Lipinski definition) is 2. The Kier molecular flexibility index (Phi) is 4.89. The lowest BCUT2D eigenvalue weighted by molar-refractivity contribution is 0.314. The molecule has 0 saturated carbocycles. The smallest absolute Gasteiger partial charge is 0.295 e. The number of thioether (sulfide) groups is 1. The van der Waals surface area contributed by atoms with Crippen LogP contribution in [-0.2, 0) is 0 Å². The highest BCUT2D eigenvalue weighted by molar-refractivity contribution is 7.99. The van der Waals surface area contributed by atoms with Crippen molar-refractivity contribution in [2.24, 2.45) is 0 Å². The van der Waals surface area contributed by atoms with Crippen LogP contribution in [-0.4, -0.2) is 59.7 Å². The van der Waals surface area contributed by atoms with Gasteiger partial charge in [-0.15, -0.1) is 0 Å². The third kappa shape index (κ3) is 3.39. The zero-order chi connectivity index (χ0) is 12.8. The molecule has 1 fully saturated rings. The van der Waals surface area contributed by atoms with Crippen LogP contribution in [0.25, 0.3) is 0 Å². The molecule has 0 atom stereocenters. The first-order valence-electron chi connectivity index (χ1n) is 5.97. The average molecular weight is 270 g/mol. The number of H-pyrrole nitrogens is 1. The summed E-state index contributed by atoms with van der Waals surface area (Å²) in [4.78, 5) is 20.4. The Hall–Kier alpha value is -1.21. The first kappa shape index (κ1) is 13.2. The Morgan fingerprint density at radius 1 is 1.56 bits per heavy atom. The highest BCUT2D eigenvalue weighted by Gasteiger charge is 2.11. The molecule has 2 N–H and O–H groups in total. The average Bonchev–Trinajstić information content (AvgIpc) is 2.40. The summed E-state index contributed by atoms with van der Waals surface area (Å²) in [6, 6.07) is 0. The van der Waals surface area contributed by atoms with Crippen LogP contribution in [0.3, 0.4) is 0 Å². The summed E-state index contributed by atoms with van der Waals surface area (Å²) in [7, 11) is 1.47. The Balaban J connectivity index is 1.86. The molecule has 0 aromatic carbocycles. The van der Waals surface area contributed by atoms with Crippen molar-refractivity contribution in [1.29, 1.82) is 0 Å². The van der Waals surface area contributed by atoms with E-state index in [9.17, 15) is 4.79 Å². The van der Waals surface area contributed by atoms with Crippen LogP contribution in [0.2, 0.25) is 0 Å². The number of nitrogens with zero attached hydrogens (tertiary/aromatic N) is 2. The molecule has 0 aliphatic carbocycles. The lowest BCUT2D eigenvalue weighted by Gasteiger charge is -2.26. The number of methoxy groups -OCH3 is 1. The standard InChI is InChI=1S/C11H18N4O2S/c1-17-9-10(13-8-14-11(9)16)12-2-3-15-4-6-18-7-5-15/h8H,2-7H2,1H3,(H2,12,13,14,16). The van der Waals surface area contributed by atoms with Crippen LogP contribution >= 0.6 is 11.8 Å². The first-order chi connectivity index (χ1) is 8.81. The summed E-state index contributed by atoms with van der Waals surface area (Å²) in [5, 5.41) is 3.15. The van der Waals surface area contributed by atoms with Gasteiger partial charge in [-0.05, 0) is 0 Å². The molecule has 1 aliphatic heterocycles. The number of nitrogens with one attached hydrogen (secondary N) is 2. The van der Waals surface area contributed by atoms with Crippen LogP contribution in [0.15, 0.2) is 11.1 Å². The molecule has 2 rings (SSSR count). The van der Waals surface area contributed by atoms with E-state index < -0.39 is 0 Å². The van der Waals surface area contributed by atoms with Gasteiger partial charge in [-0.25, -0.2) is 4.98 Å². The van der Waals surface area contributed by atoms with E-state index in [2.05, 4.69) is 20.2 Å². The topological polar surface area (TPSA) is 70.2 Å². The molecule has 1 aliphatic rings. The van der Waals surface area contributed by atoms with E-state index in [1.807, 2.05) is 11.8 Å². The second kappa shape index (κ2) is 6.65. The van der Waals surface area contributed by atoms with Crippen molar-refractivity contribution in [3.63, 3.8) is 0 Å². The van der Waals surface area contributed by atoms with Crippen molar-refractivity contribution in [3.05, 3.63) is 16.7 Å². The highest BCUT2D eigenvalue weighted by Crippen LogP contribution is 2.14. The summed E-state index contributed by atoms with van der Waals surface area (Å²) in [6.45, 7) is 3.98. The predicted molar refractivity (Wildman–Crippen MR) is 73.7 cm³/mol. The minimum atomic E-state index is -0.260. The van der Waals surface area contributed by atoms with Crippen molar-refractivity contribution in [2.75, 3.05) is 50.1 Å². The first-order valence-corrected chi connectivity index (χ1v) is 7.12. The maximum atomic E-state index is 11.5.